The smallest absolute Gasteiger partial charge is 0.170 e. The lowest BCUT2D eigenvalue weighted by Crippen LogP contribution is -2.44. The molecule has 112 valence electrons. The molecule has 0 aromatic carbocycles. The summed E-state index contributed by atoms with van der Waals surface area (Å²) in [5.41, 5.74) is 0.271. The number of methoxy groups -OCH3 is 1. The summed E-state index contributed by atoms with van der Waals surface area (Å²) in [7, 11) is 1.67. The molecule has 1 saturated carbocycles. The second-order valence-electron chi connectivity index (χ2n) is 6.36. The third-order valence-corrected chi connectivity index (χ3v) is 4.52. The molecule has 4 heteroatoms. The van der Waals surface area contributed by atoms with E-state index in [4.69, 9.17) is 4.74 Å². The minimum atomic E-state index is -0.575. The van der Waals surface area contributed by atoms with Crippen LogP contribution in [0.2, 0.25) is 0 Å². The van der Waals surface area contributed by atoms with Gasteiger partial charge in [-0.2, -0.15) is 5.10 Å². The summed E-state index contributed by atoms with van der Waals surface area (Å²) in [4.78, 5) is 12.6. The van der Waals surface area contributed by atoms with Crippen LogP contribution in [0.15, 0.2) is 12.3 Å². The van der Waals surface area contributed by atoms with Crippen molar-refractivity contribution in [1.82, 2.24) is 9.78 Å². The highest BCUT2D eigenvalue weighted by molar-refractivity contribution is 5.89. The molecule has 0 spiro atoms. The zero-order valence-corrected chi connectivity index (χ0v) is 13.1. The second-order valence-corrected chi connectivity index (χ2v) is 6.36. The number of rotatable bonds is 5. The summed E-state index contributed by atoms with van der Waals surface area (Å²) in [6.45, 7) is 6.41. The van der Waals surface area contributed by atoms with E-state index in [2.05, 4.69) is 25.9 Å². The van der Waals surface area contributed by atoms with E-state index in [-0.39, 0.29) is 5.78 Å². The van der Waals surface area contributed by atoms with Crippen LogP contribution in [0.4, 0.5) is 0 Å². The molecule has 0 bridgehead atoms. The van der Waals surface area contributed by atoms with Gasteiger partial charge in [0.15, 0.2) is 5.78 Å². The predicted octanol–water partition coefficient (Wildman–Crippen LogP) is 3.17. The quantitative estimate of drug-likeness (QED) is 0.831. The van der Waals surface area contributed by atoms with Crippen molar-refractivity contribution in [1.29, 1.82) is 0 Å². The van der Waals surface area contributed by atoms with Crippen molar-refractivity contribution in [2.24, 2.45) is 5.92 Å². The molecular formula is C16H26N2O2. The zero-order valence-electron chi connectivity index (χ0n) is 13.1. The molecule has 1 aliphatic rings. The van der Waals surface area contributed by atoms with Crippen molar-refractivity contribution in [2.75, 3.05) is 7.11 Å². The minimum Gasteiger partial charge on any atom is -0.370 e. The summed E-state index contributed by atoms with van der Waals surface area (Å²) in [5, 5.41) is 4.47. The van der Waals surface area contributed by atoms with E-state index in [0.29, 0.717) is 18.4 Å². The fourth-order valence-electron chi connectivity index (χ4n) is 2.91. The fraction of sp³-hybridized carbons (Fsp3) is 0.750. The first-order valence-corrected chi connectivity index (χ1v) is 7.59. The zero-order chi connectivity index (χ0) is 14.8. The maximum atomic E-state index is 12.6. The highest BCUT2D eigenvalue weighted by Crippen LogP contribution is 2.35. The number of hydrogen-bond donors (Lipinski definition) is 0. The largest absolute Gasteiger partial charge is 0.370 e. The maximum absolute atomic E-state index is 12.6. The molecule has 0 aliphatic heterocycles. The van der Waals surface area contributed by atoms with Gasteiger partial charge in [0.25, 0.3) is 0 Å². The Balaban J connectivity index is 2.05. The monoisotopic (exact) mass is 278 g/mol. The van der Waals surface area contributed by atoms with Crippen molar-refractivity contribution >= 4 is 5.78 Å². The molecule has 1 aromatic rings. The number of carbonyl (C=O) groups is 1. The van der Waals surface area contributed by atoms with Crippen LogP contribution in [0.5, 0.6) is 0 Å². The predicted molar refractivity (Wildman–Crippen MR) is 78.7 cm³/mol. The van der Waals surface area contributed by atoms with Crippen molar-refractivity contribution in [2.45, 2.75) is 64.5 Å². The van der Waals surface area contributed by atoms with E-state index in [9.17, 15) is 4.79 Å². The number of ether oxygens (including phenoxy) is 1. The molecule has 0 amide bonds. The fourth-order valence-corrected chi connectivity index (χ4v) is 2.91. The van der Waals surface area contributed by atoms with Gasteiger partial charge in [-0.05, 0) is 51.5 Å². The van der Waals surface area contributed by atoms with Crippen molar-refractivity contribution in [3.63, 3.8) is 0 Å². The molecule has 20 heavy (non-hydrogen) atoms. The lowest BCUT2D eigenvalue weighted by Gasteiger charge is -2.36. The topological polar surface area (TPSA) is 44.1 Å². The summed E-state index contributed by atoms with van der Waals surface area (Å²) in [5.74, 6) is 0.882. The second kappa shape index (κ2) is 6.08. The van der Waals surface area contributed by atoms with Crippen LogP contribution in [0.25, 0.3) is 0 Å². The highest BCUT2D eigenvalue weighted by Gasteiger charge is 2.40. The molecule has 0 atom stereocenters. The minimum absolute atomic E-state index is 0.181. The molecule has 1 heterocycles. The van der Waals surface area contributed by atoms with Gasteiger partial charge in [-0.25, -0.2) is 0 Å². The van der Waals surface area contributed by atoms with Crippen LogP contribution in [-0.2, 0) is 16.0 Å². The van der Waals surface area contributed by atoms with Crippen LogP contribution < -0.4 is 0 Å². The molecule has 0 N–H and O–H groups in total. The molecule has 0 unspecified atom stereocenters. The van der Waals surface area contributed by atoms with Gasteiger partial charge in [-0.3, -0.25) is 9.48 Å². The Labute approximate surface area is 121 Å². The van der Waals surface area contributed by atoms with Gasteiger partial charge >= 0.3 is 0 Å². The normalized spacial score (nSPS) is 26.9. The van der Waals surface area contributed by atoms with Gasteiger partial charge in [0.2, 0.25) is 0 Å². The summed E-state index contributed by atoms with van der Waals surface area (Å²) in [6, 6.07) is 2.26. The first kappa shape index (κ1) is 15.2. The summed E-state index contributed by atoms with van der Waals surface area (Å²) < 4.78 is 7.53. The number of aromatic nitrogens is 2. The molecule has 0 radical (unpaired) electrons. The summed E-state index contributed by atoms with van der Waals surface area (Å²) >= 11 is 0. The Morgan fingerprint density at radius 1 is 1.50 bits per heavy atom. The van der Waals surface area contributed by atoms with Gasteiger partial charge in [0.05, 0.1) is 12.1 Å². The van der Waals surface area contributed by atoms with Gasteiger partial charge in [0.1, 0.15) is 5.60 Å². The molecule has 0 saturated heterocycles. The SMILES string of the molecule is COC1(C(=O)Cc2ccn(C(C)C)n2)CCC(C)CC1. The highest BCUT2D eigenvalue weighted by atomic mass is 16.5. The number of Topliss-reactive ketones (excluding diaryl/α,β-unsaturated/α-hetero) is 1. The van der Waals surface area contributed by atoms with Gasteiger partial charge in [-0.1, -0.05) is 6.92 Å². The lowest BCUT2D eigenvalue weighted by atomic mass is 9.76. The first-order chi connectivity index (χ1) is 9.47. The average molecular weight is 278 g/mol. The lowest BCUT2D eigenvalue weighted by molar-refractivity contribution is -0.145. The Morgan fingerprint density at radius 2 is 2.15 bits per heavy atom. The molecule has 4 nitrogen and oxygen atoms in total. The van der Waals surface area contributed by atoms with Gasteiger partial charge < -0.3 is 4.74 Å². The van der Waals surface area contributed by atoms with Gasteiger partial charge in [-0.15, -0.1) is 0 Å². The Kier molecular flexibility index (Phi) is 4.63. The van der Waals surface area contributed by atoms with E-state index in [1.54, 1.807) is 7.11 Å². The Bertz CT molecular complexity index is 457. The third-order valence-electron chi connectivity index (χ3n) is 4.52. The first-order valence-electron chi connectivity index (χ1n) is 7.59. The van der Waals surface area contributed by atoms with Crippen molar-refractivity contribution < 1.29 is 9.53 Å². The summed E-state index contributed by atoms with van der Waals surface area (Å²) in [6.07, 6.45) is 6.14. The number of nitrogens with zero attached hydrogens (tertiary/aromatic N) is 2. The van der Waals surface area contributed by atoms with Crippen molar-refractivity contribution in [3.05, 3.63) is 18.0 Å². The Hall–Kier alpha value is -1.16. The van der Waals surface area contributed by atoms with Crippen molar-refractivity contribution in [3.8, 4) is 0 Å². The molecule has 1 fully saturated rings. The number of hydrogen-bond acceptors (Lipinski definition) is 3. The van der Waals surface area contributed by atoms with Crippen LogP contribution in [0.1, 0.15) is 58.2 Å². The molecule has 2 rings (SSSR count). The molecule has 1 aromatic heterocycles. The standard InChI is InChI=1S/C16H26N2O2/c1-12(2)18-10-7-14(17-18)11-15(19)16(20-4)8-5-13(3)6-9-16/h7,10,12-13H,5-6,8-9,11H2,1-4H3. The average Bonchev–Trinajstić information content (AvgIpc) is 2.88. The Morgan fingerprint density at radius 3 is 2.65 bits per heavy atom. The van der Waals surface area contributed by atoms with E-state index >= 15 is 0 Å². The van der Waals surface area contributed by atoms with Crippen LogP contribution in [0.3, 0.4) is 0 Å². The number of ketones is 1. The third kappa shape index (κ3) is 3.11. The van der Waals surface area contributed by atoms with E-state index in [0.717, 1.165) is 31.4 Å². The van der Waals surface area contributed by atoms with E-state index < -0.39 is 5.60 Å². The molecule has 1 aliphatic carbocycles. The van der Waals surface area contributed by atoms with E-state index in [1.165, 1.54) is 0 Å². The van der Waals surface area contributed by atoms with Crippen LogP contribution in [-0.4, -0.2) is 28.3 Å². The number of carbonyl (C=O) groups excluding carboxylic acids is 1. The van der Waals surface area contributed by atoms with Crippen LogP contribution in [0, 0.1) is 5.92 Å². The van der Waals surface area contributed by atoms with Gasteiger partial charge in [0, 0.05) is 19.3 Å². The molecular weight excluding hydrogens is 252 g/mol. The van der Waals surface area contributed by atoms with E-state index in [1.807, 2.05) is 16.9 Å². The maximum Gasteiger partial charge on any atom is 0.170 e. The van der Waals surface area contributed by atoms with Crippen LogP contribution >= 0.6 is 0 Å².